The molecule has 0 aromatic heterocycles. The Morgan fingerprint density at radius 3 is 2.62 bits per heavy atom. The van der Waals surface area contributed by atoms with Crippen LogP contribution >= 0.6 is 11.8 Å². The van der Waals surface area contributed by atoms with Crippen molar-refractivity contribution in [3.05, 3.63) is 28.7 Å². The molecular formula is C19H21NO8S. The SMILES string of the molecule is COc1cccc(/C=C2/SC(=O)N(CC(=O)OCC(C)C)C2=O)c1OCC(=O)O. The van der Waals surface area contributed by atoms with Gasteiger partial charge in [-0.15, -0.1) is 0 Å². The van der Waals surface area contributed by atoms with Gasteiger partial charge in [0.25, 0.3) is 11.1 Å². The van der Waals surface area contributed by atoms with Crippen molar-refractivity contribution < 1.29 is 38.5 Å². The average molecular weight is 423 g/mol. The van der Waals surface area contributed by atoms with Crippen LogP contribution in [0.1, 0.15) is 19.4 Å². The van der Waals surface area contributed by atoms with E-state index in [1.807, 2.05) is 13.8 Å². The average Bonchev–Trinajstić information content (AvgIpc) is 2.92. The summed E-state index contributed by atoms with van der Waals surface area (Å²) in [5, 5.41) is 8.25. The van der Waals surface area contributed by atoms with Crippen LogP contribution in [0.15, 0.2) is 23.1 Å². The van der Waals surface area contributed by atoms with Gasteiger partial charge in [-0.25, -0.2) is 4.79 Å². The Hall–Kier alpha value is -3.01. The number of carbonyl (C=O) groups is 4. The summed E-state index contributed by atoms with van der Waals surface area (Å²) in [5.74, 6) is -1.97. The molecule has 0 bridgehead atoms. The summed E-state index contributed by atoms with van der Waals surface area (Å²) in [4.78, 5) is 48.3. The van der Waals surface area contributed by atoms with Gasteiger partial charge in [0.2, 0.25) is 0 Å². The van der Waals surface area contributed by atoms with Crippen molar-refractivity contribution >= 4 is 40.9 Å². The minimum Gasteiger partial charge on any atom is -0.493 e. The number of thioether (sulfide) groups is 1. The molecule has 29 heavy (non-hydrogen) atoms. The van der Waals surface area contributed by atoms with E-state index in [4.69, 9.17) is 19.3 Å². The summed E-state index contributed by atoms with van der Waals surface area (Å²) in [5.41, 5.74) is 0.360. The van der Waals surface area contributed by atoms with Crippen molar-refractivity contribution in [1.29, 1.82) is 0 Å². The molecule has 156 valence electrons. The van der Waals surface area contributed by atoms with E-state index in [1.54, 1.807) is 18.2 Å². The second-order valence-corrected chi connectivity index (χ2v) is 7.40. The summed E-state index contributed by atoms with van der Waals surface area (Å²) in [6.45, 7) is 2.85. The molecule has 1 saturated heterocycles. The zero-order valence-corrected chi connectivity index (χ0v) is 17.0. The number of methoxy groups -OCH3 is 1. The van der Waals surface area contributed by atoms with Gasteiger partial charge in [0.15, 0.2) is 18.1 Å². The maximum absolute atomic E-state index is 12.6. The van der Waals surface area contributed by atoms with Crippen LogP contribution in [0.25, 0.3) is 6.08 Å². The summed E-state index contributed by atoms with van der Waals surface area (Å²) in [7, 11) is 1.39. The molecule has 0 radical (unpaired) electrons. The number of carbonyl (C=O) groups excluding carboxylic acids is 3. The molecule has 1 heterocycles. The second-order valence-electron chi connectivity index (χ2n) is 6.41. The third-order valence-corrected chi connectivity index (χ3v) is 4.50. The van der Waals surface area contributed by atoms with Gasteiger partial charge in [-0.1, -0.05) is 26.0 Å². The molecule has 0 saturated carbocycles. The number of para-hydroxylation sites is 1. The van der Waals surface area contributed by atoms with Gasteiger partial charge in [-0.3, -0.25) is 19.3 Å². The standard InChI is InChI=1S/C19H21NO8S/c1-11(2)9-27-16(23)8-20-18(24)14(29-19(20)25)7-12-5-4-6-13(26-3)17(12)28-10-15(21)22/h4-7,11H,8-10H2,1-3H3,(H,21,22)/b14-7+. The van der Waals surface area contributed by atoms with E-state index in [0.717, 1.165) is 4.90 Å². The number of hydrogen-bond acceptors (Lipinski definition) is 8. The normalized spacial score (nSPS) is 15.2. The van der Waals surface area contributed by atoms with Crippen LogP contribution < -0.4 is 9.47 Å². The maximum Gasteiger partial charge on any atom is 0.341 e. The molecular weight excluding hydrogens is 402 g/mol. The predicted molar refractivity (Wildman–Crippen MR) is 105 cm³/mol. The molecule has 1 aliphatic heterocycles. The molecule has 2 rings (SSSR count). The molecule has 1 aromatic carbocycles. The van der Waals surface area contributed by atoms with E-state index < -0.39 is 36.2 Å². The van der Waals surface area contributed by atoms with Crippen molar-refractivity contribution in [2.45, 2.75) is 13.8 Å². The van der Waals surface area contributed by atoms with E-state index in [1.165, 1.54) is 13.2 Å². The molecule has 1 N–H and O–H groups in total. The number of rotatable bonds is 9. The van der Waals surface area contributed by atoms with Crippen LogP contribution in [-0.4, -0.2) is 60.0 Å². The highest BCUT2D eigenvalue weighted by molar-refractivity contribution is 8.18. The second kappa shape index (κ2) is 9.97. The highest BCUT2D eigenvalue weighted by Gasteiger charge is 2.37. The Morgan fingerprint density at radius 1 is 1.28 bits per heavy atom. The van der Waals surface area contributed by atoms with E-state index >= 15 is 0 Å². The highest BCUT2D eigenvalue weighted by atomic mass is 32.2. The number of amides is 2. The fourth-order valence-electron chi connectivity index (χ4n) is 2.31. The molecule has 9 nitrogen and oxygen atoms in total. The lowest BCUT2D eigenvalue weighted by atomic mass is 10.1. The van der Waals surface area contributed by atoms with Crippen LogP contribution in [0.3, 0.4) is 0 Å². The number of ether oxygens (including phenoxy) is 3. The van der Waals surface area contributed by atoms with Crippen molar-refractivity contribution in [2.24, 2.45) is 5.92 Å². The minimum atomic E-state index is -1.18. The van der Waals surface area contributed by atoms with E-state index in [-0.39, 0.29) is 28.9 Å². The Kier molecular flexibility index (Phi) is 7.66. The Morgan fingerprint density at radius 2 is 2.00 bits per heavy atom. The van der Waals surface area contributed by atoms with E-state index in [0.29, 0.717) is 17.3 Å². The lowest BCUT2D eigenvalue weighted by molar-refractivity contribution is -0.147. The van der Waals surface area contributed by atoms with Crippen molar-refractivity contribution in [2.75, 3.05) is 26.9 Å². The first-order valence-corrected chi connectivity index (χ1v) is 9.47. The molecule has 0 aliphatic carbocycles. The number of carboxylic acid groups (broad SMARTS) is 1. The fraction of sp³-hybridized carbons (Fsp3) is 0.368. The van der Waals surface area contributed by atoms with Crippen LogP contribution in [0.4, 0.5) is 4.79 Å². The topological polar surface area (TPSA) is 119 Å². The fourth-order valence-corrected chi connectivity index (χ4v) is 3.14. The van der Waals surface area contributed by atoms with Crippen LogP contribution in [0, 0.1) is 5.92 Å². The van der Waals surface area contributed by atoms with Gasteiger partial charge in [-0.2, -0.15) is 0 Å². The van der Waals surface area contributed by atoms with Crippen LogP contribution in [0.5, 0.6) is 11.5 Å². The molecule has 2 amide bonds. The molecule has 1 aromatic rings. The number of benzene rings is 1. The first-order chi connectivity index (χ1) is 13.7. The smallest absolute Gasteiger partial charge is 0.341 e. The maximum atomic E-state index is 12.6. The number of carboxylic acids is 1. The van der Waals surface area contributed by atoms with Gasteiger partial charge in [0.1, 0.15) is 6.54 Å². The molecule has 1 fully saturated rings. The van der Waals surface area contributed by atoms with Crippen molar-refractivity contribution in [1.82, 2.24) is 4.90 Å². The summed E-state index contributed by atoms with van der Waals surface area (Å²) in [6, 6.07) is 4.79. The Bertz CT molecular complexity index is 849. The zero-order valence-electron chi connectivity index (χ0n) is 16.2. The molecule has 0 spiro atoms. The predicted octanol–water partition coefficient (Wildman–Crippen LogP) is 2.39. The first-order valence-electron chi connectivity index (χ1n) is 8.65. The lowest BCUT2D eigenvalue weighted by Gasteiger charge is -2.13. The summed E-state index contributed by atoms with van der Waals surface area (Å²) in [6.07, 6.45) is 1.39. The Labute approximate surface area is 171 Å². The Balaban J connectivity index is 2.22. The van der Waals surface area contributed by atoms with Crippen molar-refractivity contribution in [3.63, 3.8) is 0 Å². The molecule has 0 atom stereocenters. The monoisotopic (exact) mass is 423 g/mol. The molecule has 1 aliphatic rings. The zero-order chi connectivity index (χ0) is 21.6. The number of esters is 1. The number of nitrogens with zero attached hydrogens (tertiary/aromatic N) is 1. The quantitative estimate of drug-likeness (QED) is 0.471. The minimum absolute atomic E-state index is 0.0695. The largest absolute Gasteiger partial charge is 0.493 e. The van der Waals surface area contributed by atoms with E-state index in [9.17, 15) is 19.2 Å². The first kappa shape index (κ1) is 22.3. The summed E-state index contributed by atoms with van der Waals surface area (Å²) < 4.78 is 15.5. The van der Waals surface area contributed by atoms with Gasteiger partial charge < -0.3 is 19.3 Å². The van der Waals surface area contributed by atoms with Gasteiger partial charge in [0, 0.05) is 5.56 Å². The third kappa shape index (κ3) is 5.98. The third-order valence-electron chi connectivity index (χ3n) is 3.59. The highest BCUT2D eigenvalue weighted by Crippen LogP contribution is 2.37. The molecule has 0 unspecified atom stereocenters. The van der Waals surface area contributed by atoms with Crippen LogP contribution in [0.2, 0.25) is 0 Å². The lowest BCUT2D eigenvalue weighted by Crippen LogP contribution is -2.34. The van der Waals surface area contributed by atoms with Gasteiger partial charge >= 0.3 is 11.9 Å². The van der Waals surface area contributed by atoms with E-state index in [2.05, 4.69) is 0 Å². The van der Waals surface area contributed by atoms with Gasteiger partial charge in [-0.05, 0) is 29.8 Å². The number of aliphatic carboxylic acids is 1. The number of imide groups is 1. The van der Waals surface area contributed by atoms with Crippen LogP contribution in [-0.2, 0) is 19.1 Å². The number of hydrogen-bond donors (Lipinski definition) is 1. The van der Waals surface area contributed by atoms with Gasteiger partial charge in [0.05, 0.1) is 18.6 Å². The molecule has 10 heteroatoms. The summed E-state index contributed by atoms with van der Waals surface area (Å²) >= 11 is 0.668. The van der Waals surface area contributed by atoms with Crippen molar-refractivity contribution in [3.8, 4) is 11.5 Å².